The third-order valence-electron chi connectivity index (χ3n) is 5.23. The van der Waals surface area contributed by atoms with E-state index in [0.717, 1.165) is 4.90 Å². The minimum absolute atomic E-state index is 0.141. The lowest BCUT2D eigenvalue weighted by molar-refractivity contribution is 0.0599. The first-order valence-electron chi connectivity index (χ1n) is 9.47. The summed E-state index contributed by atoms with van der Waals surface area (Å²) in [6.45, 7) is 2.14. The topological polar surface area (TPSA) is 88.5 Å². The van der Waals surface area contributed by atoms with Crippen molar-refractivity contribution in [3.8, 4) is 16.9 Å². The van der Waals surface area contributed by atoms with Crippen molar-refractivity contribution in [1.29, 1.82) is 0 Å². The third-order valence-corrected chi connectivity index (χ3v) is 5.23. The Morgan fingerprint density at radius 3 is 2.63 bits per heavy atom. The lowest BCUT2D eigenvalue weighted by Gasteiger charge is -2.31. The molecule has 30 heavy (non-hydrogen) atoms. The van der Waals surface area contributed by atoms with Gasteiger partial charge in [0.05, 0.1) is 38.1 Å². The minimum atomic E-state index is -1.09. The summed E-state index contributed by atoms with van der Waals surface area (Å²) in [5.74, 6) is -0.775. The third kappa shape index (κ3) is 3.63. The van der Waals surface area contributed by atoms with Crippen molar-refractivity contribution >= 4 is 17.7 Å². The molecule has 1 saturated heterocycles. The molecule has 0 unspecified atom stereocenters. The van der Waals surface area contributed by atoms with E-state index in [-0.39, 0.29) is 24.4 Å². The summed E-state index contributed by atoms with van der Waals surface area (Å²) in [7, 11) is 1.26. The Morgan fingerprint density at radius 2 is 1.93 bits per heavy atom. The van der Waals surface area contributed by atoms with E-state index in [1.165, 1.54) is 13.2 Å². The predicted molar refractivity (Wildman–Crippen MR) is 105 cm³/mol. The summed E-state index contributed by atoms with van der Waals surface area (Å²) in [5.41, 5.74) is 2.11. The van der Waals surface area contributed by atoms with Gasteiger partial charge in [-0.2, -0.15) is 0 Å². The molecule has 4 rings (SSSR count). The van der Waals surface area contributed by atoms with Crippen LogP contribution in [0.15, 0.2) is 30.3 Å². The first-order valence-corrected chi connectivity index (χ1v) is 9.47. The molecule has 1 fully saturated rings. The number of ether oxygens (including phenoxy) is 3. The van der Waals surface area contributed by atoms with Gasteiger partial charge in [0.15, 0.2) is 6.73 Å². The van der Waals surface area contributed by atoms with Gasteiger partial charge < -0.3 is 24.2 Å². The second-order valence-corrected chi connectivity index (χ2v) is 6.99. The number of benzene rings is 2. The normalized spacial score (nSPS) is 15.9. The fraction of sp³-hybridized carbons (Fsp3) is 0.333. The van der Waals surface area contributed by atoms with Crippen LogP contribution in [0.4, 0.5) is 14.9 Å². The molecule has 0 atom stereocenters. The number of nitrogens with zero attached hydrogens (tertiary/aromatic N) is 2. The maximum absolute atomic E-state index is 15.1. The van der Waals surface area contributed by atoms with Gasteiger partial charge >= 0.3 is 12.1 Å². The molecule has 0 aliphatic carbocycles. The fourth-order valence-electron chi connectivity index (χ4n) is 3.72. The zero-order chi connectivity index (χ0) is 21.3. The van der Waals surface area contributed by atoms with Crippen LogP contribution in [0, 0.1) is 5.82 Å². The van der Waals surface area contributed by atoms with Crippen LogP contribution in [0.5, 0.6) is 5.75 Å². The molecule has 158 valence electrons. The highest BCUT2D eigenvalue weighted by Crippen LogP contribution is 2.40. The Kier molecular flexibility index (Phi) is 5.45. The van der Waals surface area contributed by atoms with Crippen molar-refractivity contribution in [2.75, 3.05) is 45.0 Å². The second-order valence-electron chi connectivity index (χ2n) is 6.99. The monoisotopic (exact) mass is 416 g/mol. The van der Waals surface area contributed by atoms with Gasteiger partial charge in [-0.15, -0.1) is 0 Å². The van der Waals surface area contributed by atoms with Crippen molar-refractivity contribution in [2.24, 2.45) is 0 Å². The highest BCUT2D eigenvalue weighted by Gasteiger charge is 2.27. The van der Waals surface area contributed by atoms with E-state index in [1.54, 1.807) is 24.3 Å². The van der Waals surface area contributed by atoms with Crippen LogP contribution >= 0.6 is 0 Å². The number of esters is 1. The number of fused-ring (bicyclic) bond motifs is 1. The van der Waals surface area contributed by atoms with E-state index < -0.39 is 17.9 Å². The molecule has 0 radical (unpaired) electrons. The number of hydrogen-bond acceptors (Lipinski definition) is 6. The van der Waals surface area contributed by atoms with Gasteiger partial charge in [0.2, 0.25) is 0 Å². The van der Waals surface area contributed by atoms with Crippen molar-refractivity contribution in [3.63, 3.8) is 0 Å². The number of carboxylic acid groups (broad SMARTS) is 1. The summed E-state index contributed by atoms with van der Waals surface area (Å²) in [6.07, 6.45) is -1.09. The Balaban J connectivity index is 1.81. The van der Waals surface area contributed by atoms with E-state index in [0.29, 0.717) is 48.9 Å². The maximum atomic E-state index is 15.1. The van der Waals surface area contributed by atoms with Gasteiger partial charge in [0, 0.05) is 29.8 Å². The number of rotatable bonds is 3. The van der Waals surface area contributed by atoms with Gasteiger partial charge in [0.25, 0.3) is 0 Å². The van der Waals surface area contributed by atoms with Crippen LogP contribution < -0.4 is 9.64 Å². The van der Waals surface area contributed by atoms with Crippen molar-refractivity contribution < 1.29 is 33.3 Å². The number of carbonyl (C=O) groups is 2. The molecule has 2 aliphatic rings. The summed E-state index contributed by atoms with van der Waals surface area (Å²) < 4.78 is 31.0. The van der Waals surface area contributed by atoms with E-state index >= 15 is 4.39 Å². The molecule has 8 nitrogen and oxygen atoms in total. The molecule has 2 aromatic carbocycles. The Hall–Kier alpha value is -3.33. The van der Waals surface area contributed by atoms with E-state index in [9.17, 15) is 14.7 Å². The van der Waals surface area contributed by atoms with Crippen molar-refractivity contribution in [2.45, 2.75) is 6.54 Å². The van der Waals surface area contributed by atoms with E-state index in [2.05, 4.69) is 0 Å². The number of halogens is 1. The first kappa shape index (κ1) is 20.0. The number of amides is 1. The lowest BCUT2D eigenvalue weighted by Crippen LogP contribution is -2.37. The van der Waals surface area contributed by atoms with Crippen molar-refractivity contribution in [3.05, 3.63) is 47.3 Å². The lowest BCUT2D eigenvalue weighted by atomic mass is 9.97. The molecule has 0 aromatic heterocycles. The molecule has 0 bridgehead atoms. The van der Waals surface area contributed by atoms with Gasteiger partial charge in [-0.3, -0.25) is 4.90 Å². The van der Waals surface area contributed by atoms with Crippen LogP contribution in [-0.2, 0) is 16.0 Å². The molecule has 9 heteroatoms. The fourth-order valence-corrected chi connectivity index (χ4v) is 3.72. The van der Waals surface area contributed by atoms with Gasteiger partial charge in [-0.25, -0.2) is 14.0 Å². The largest absolute Gasteiger partial charge is 0.472 e. The number of morpholine rings is 1. The molecule has 2 aliphatic heterocycles. The molecule has 0 spiro atoms. The summed E-state index contributed by atoms with van der Waals surface area (Å²) in [5, 5.41) is 9.21. The zero-order valence-corrected chi connectivity index (χ0v) is 16.4. The quantitative estimate of drug-likeness (QED) is 0.770. The SMILES string of the molecule is COC(=O)c1cc(F)c(-c2cccc3c2OCN(C(=O)O)C3)cc1N1CCOCC1. The second kappa shape index (κ2) is 8.19. The van der Waals surface area contributed by atoms with Gasteiger partial charge in [-0.1, -0.05) is 18.2 Å². The number of para-hydroxylation sites is 1. The van der Waals surface area contributed by atoms with Crippen LogP contribution in [0.3, 0.4) is 0 Å². The highest BCUT2D eigenvalue weighted by molar-refractivity contribution is 5.97. The Labute approximate surface area is 172 Å². The van der Waals surface area contributed by atoms with Gasteiger partial charge in [-0.05, 0) is 12.1 Å². The zero-order valence-electron chi connectivity index (χ0n) is 16.4. The number of carbonyl (C=O) groups excluding carboxylic acids is 1. The number of methoxy groups -OCH3 is 1. The number of hydrogen-bond donors (Lipinski definition) is 1. The average molecular weight is 416 g/mol. The Bertz CT molecular complexity index is 990. The predicted octanol–water partition coefficient (Wildman–Crippen LogP) is 2.95. The van der Waals surface area contributed by atoms with Crippen LogP contribution in [-0.4, -0.2) is 62.2 Å². The standard InChI is InChI=1S/C21H21FN2O6/c1-28-20(25)16-9-17(22)15(10-18(16)23-5-7-29-8-6-23)14-4-2-3-13-11-24(21(26)27)12-30-19(13)14/h2-4,9-10H,5-8,11-12H2,1H3,(H,26,27). The molecule has 1 amide bonds. The van der Waals surface area contributed by atoms with Crippen LogP contribution in [0.1, 0.15) is 15.9 Å². The maximum Gasteiger partial charge on any atom is 0.410 e. The minimum Gasteiger partial charge on any atom is -0.472 e. The average Bonchev–Trinajstić information content (AvgIpc) is 2.78. The molecule has 1 N–H and O–H groups in total. The van der Waals surface area contributed by atoms with Gasteiger partial charge in [0.1, 0.15) is 11.6 Å². The summed E-state index contributed by atoms with van der Waals surface area (Å²) in [4.78, 5) is 26.6. The molecular formula is C21H21FN2O6. The summed E-state index contributed by atoms with van der Waals surface area (Å²) in [6, 6.07) is 7.99. The number of anilines is 1. The Morgan fingerprint density at radius 1 is 1.17 bits per heavy atom. The van der Waals surface area contributed by atoms with Crippen LogP contribution in [0.2, 0.25) is 0 Å². The van der Waals surface area contributed by atoms with Crippen molar-refractivity contribution in [1.82, 2.24) is 4.90 Å². The first-order chi connectivity index (χ1) is 14.5. The molecule has 2 aromatic rings. The van der Waals surface area contributed by atoms with Crippen LogP contribution in [0.25, 0.3) is 11.1 Å². The van der Waals surface area contributed by atoms with E-state index in [4.69, 9.17) is 14.2 Å². The smallest absolute Gasteiger partial charge is 0.410 e. The molecule has 2 heterocycles. The molecule has 0 saturated carbocycles. The molecular weight excluding hydrogens is 395 g/mol. The van der Waals surface area contributed by atoms with E-state index in [1.807, 2.05) is 4.90 Å². The highest BCUT2D eigenvalue weighted by atomic mass is 19.1. The summed E-state index contributed by atoms with van der Waals surface area (Å²) >= 11 is 0.